The number of likely N-dealkylation sites (N-methyl/N-ethyl adjacent to an activating group) is 1. The van der Waals surface area contributed by atoms with Crippen molar-refractivity contribution in [3.63, 3.8) is 0 Å². The first-order chi connectivity index (χ1) is 26.1. The van der Waals surface area contributed by atoms with E-state index in [4.69, 9.17) is 18.5 Å². The van der Waals surface area contributed by atoms with E-state index in [1.165, 1.54) is 109 Å². The number of carbonyl (C=O) groups excluding carboxylic acids is 1. The molecular weight excluding hydrogens is 697 g/mol. The molecular formula is C45H86NO7P. The van der Waals surface area contributed by atoms with Crippen LogP contribution >= 0.6 is 7.82 Å². The summed E-state index contributed by atoms with van der Waals surface area (Å²) in [7, 11) is 1.35. The Kier molecular flexibility index (Phi) is 37.7. The number of hydrogen-bond donors (Lipinski definition) is 0. The van der Waals surface area contributed by atoms with E-state index in [9.17, 15) is 14.3 Å². The fourth-order valence-corrected chi connectivity index (χ4v) is 6.76. The highest BCUT2D eigenvalue weighted by atomic mass is 31.2. The molecule has 0 aliphatic rings. The van der Waals surface area contributed by atoms with Crippen molar-refractivity contribution >= 4 is 13.8 Å². The molecule has 318 valence electrons. The van der Waals surface area contributed by atoms with Crippen LogP contribution in [0.15, 0.2) is 36.5 Å². The summed E-state index contributed by atoms with van der Waals surface area (Å²) in [4.78, 5) is 25.0. The molecule has 0 amide bonds. The highest BCUT2D eigenvalue weighted by Gasteiger charge is 2.20. The Hall–Kier alpha value is -1.28. The number of carbonyl (C=O) groups is 1. The van der Waals surface area contributed by atoms with Crippen molar-refractivity contribution in [3.8, 4) is 0 Å². The predicted octanol–water partition coefficient (Wildman–Crippen LogP) is 12.4. The van der Waals surface area contributed by atoms with Crippen LogP contribution in [0.4, 0.5) is 0 Å². The first kappa shape index (κ1) is 52.7. The Labute approximate surface area is 334 Å². The summed E-state index contributed by atoms with van der Waals surface area (Å²) in [5.74, 6) is -0.343. The van der Waals surface area contributed by atoms with Crippen molar-refractivity contribution in [3.05, 3.63) is 36.5 Å². The van der Waals surface area contributed by atoms with E-state index in [2.05, 4.69) is 50.3 Å². The third-order valence-electron chi connectivity index (χ3n) is 9.46. The average molecular weight is 784 g/mol. The molecule has 0 aliphatic carbocycles. The molecule has 0 bridgehead atoms. The summed E-state index contributed by atoms with van der Waals surface area (Å²) in [6, 6.07) is 0. The molecule has 0 saturated carbocycles. The lowest BCUT2D eigenvalue weighted by molar-refractivity contribution is -0.870. The molecule has 0 fully saturated rings. The number of phosphoric ester groups is 1. The Morgan fingerprint density at radius 1 is 0.593 bits per heavy atom. The van der Waals surface area contributed by atoms with Crippen LogP contribution in [0, 0.1) is 0 Å². The van der Waals surface area contributed by atoms with E-state index in [0.29, 0.717) is 24.1 Å². The maximum atomic E-state index is 12.7. The Morgan fingerprint density at radius 3 is 1.61 bits per heavy atom. The lowest BCUT2D eigenvalue weighted by atomic mass is 10.0. The van der Waals surface area contributed by atoms with Crippen molar-refractivity contribution in [1.82, 2.24) is 0 Å². The normalized spacial score (nSPS) is 14.1. The topological polar surface area (TPSA) is 94.1 Å². The second-order valence-electron chi connectivity index (χ2n) is 16.0. The van der Waals surface area contributed by atoms with Crippen molar-refractivity contribution in [2.75, 3.05) is 54.1 Å². The molecule has 0 heterocycles. The number of esters is 1. The SMILES string of the molecule is CC/C=C\C/C=C\C/C=C\CCCCCCCCCC(=O)OC(COCCCCCCCCCCCCCCCCC)COP(=O)([O-])OCC[N+](C)(C)C. The van der Waals surface area contributed by atoms with Gasteiger partial charge in [-0.05, 0) is 44.9 Å². The van der Waals surface area contributed by atoms with Crippen LogP contribution in [-0.2, 0) is 27.9 Å². The fraction of sp³-hybridized carbons (Fsp3) is 0.844. The average Bonchev–Trinajstić information content (AvgIpc) is 3.12. The fourth-order valence-electron chi connectivity index (χ4n) is 6.03. The van der Waals surface area contributed by atoms with E-state index in [1.807, 2.05) is 21.1 Å². The summed E-state index contributed by atoms with van der Waals surface area (Å²) in [6.45, 7) is 5.31. The number of quaternary nitrogens is 1. The molecule has 8 nitrogen and oxygen atoms in total. The van der Waals surface area contributed by atoms with Gasteiger partial charge in [0.25, 0.3) is 7.82 Å². The molecule has 54 heavy (non-hydrogen) atoms. The first-order valence-electron chi connectivity index (χ1n) is 22.2. The number of unbranched alkanes of at least 4 members (excludes halogenated alkanes) is 21. The zero-order valence-electron chi connectivity index (χ0n) is 35.9. The van der Waals surface area contributed by atoms with Crippen molar-refractivity contribution in [2.24, 2.45) is 0 Å². The van der Waals surface area contributed by atoms with Gasteiger partial charge in [-0.3, -0.25) is 9.36 Å². The highest BCUT2D eigenvalue weighted by Crippen LogP contribution is 2.38. The standard InChI is InChI=1S/C45H86NO7P/c1-6-8-10-12-14-16-18-20-22-23-24-26-28-30-32-34-36-38-45(47)53-44(43-52-54(48,49)51-41-39-46(3,4)5)42-50-40-37-35-33-31-29-27-25-21-19-17-15-13-11-9-7-2/h8,10,14,16,20,22,44H,6-7,9,11-13,15,17-19,21,23-43H2,1-5H3/b10-8-,16-14-,22-20-. The van der Waals surface area contributed by atoms with E-state index in [-0.39, 0.29) is 25.8 Å². The van der Waals surface area contributed by atoms with E-state index >= 15 is 0 Å². The molecule has 0 aliphatic heterocycles. The van der Waals surface area contributed by atoms with Crippen molar-refractivity contribution in [1.29, 1.82) is 0 Å². The van der Waals surface area contributed by atoms with Crippen LogP contribution in [0.5, 0.6) is 0 Å². The van der Waals surface area contributed by atoms with Crippen molar-refractivity contribution < 1.29 is 37.3 Å². The molecule has 0 aromatic heterocycles. The summed E-state index contributed by atoms with van der Waals surface area (Å²) in [5, 5.41) is 0. The van der Waals surface area contributed by atoms with Gasteiger partial charge in [-0.2, -0.15) is 0 Å². The molecule has 0 radical (unpaired) electrons. The quantitative estimate of drug-likeness (QED) is 0.0200. The Morgan fingerprint density at radius 2 is 1.07 bits per heavy atom. The molecule has 0 aromatic carbocycles. The summed E-state index contributed by atoms with van der Waals surface area (Å²) < 4.78 is 34.6. The van der Waals surface area contributed by atoms with Gasteiger partial charge in [-0.15, -0.1) is 0 Å². The number of hydrogen-bond acceptors (Lipinski definition) is 7. The van der Waals surface area contributed by atoms with Gasteiger partial charge in [-0.1, -0.05) is 172 Å². The van der Waals surface area contributed by atoms with Crippen LogP contribution in [0.2, 0.25) is 0 Å². The summed E-state index contributed by atoms with van der Waals surface area (Å²) >= 11 is 0. The van der Waals surface area contributed by atoms with Gasteiger partial charge in [-0.25, -0.2) is 0 Å². The van der Waals surface area contributed by atoms with Gasteiger partial charge >= 0.3 is 5.97 Å². The number of ether oxygens (including phenoxy) is 2. The second-order valence-corrected chi connectivity index (χ2v) is 17.4. The molecule has 0 rings (SSSR count). The van der Waals surface area contributed by atoms with Gasteiger partial charge in [0.15, 0.2) is 0 Å². The number of phosphoric acid groups is 1. The minimum Gasteiger partial charge on any atom is -0.756 e. The minimum absolute atomic E-state index is 0.0247. The predicted molar refractivity (Wildman–Crippen MR) is 227 cm³/mol. The zero-order chi connectivity index (χ0) is 39.9. The summed E-state index contributed by atoms with van der Waals surface area (Å²) in [5.41, 5.74) is 0. The lowest BCUT2D eigenvalue weighted by Gasteiger charge is -2.28. The van der Waals surface area contributed by atoms with Crippen molar-refractivity contribution in [2.45, 2.75) is 193 Å². The molecule has 0 N–H and O–H groups in total. The smallest absolute Gasteiger partial charge is 0.306 e. The van der Waals surface area contributed by atoms with Gasteiger partial charge < -0.3 is 27.9 Å². The molecule has 0 saturated heterocycles. The monoisotopic (exact) mass is 784 g/mol. The highest BCUT2D eigenvalue weighted by molar-refractivity contribution is 7.45. The number of nitrogens with zero attached hydrogens (tertiary/aromatic N) is 1. The van der Waals surface area contributed by atoms with Crippen LogP contribution < -0.4 is 4.89 Å². The Balaban J connectivity index is 4.23. The lowest BCUT2D eigenvalue weighted by Crippen LogP contribution is -2.37. The van der Waals surface area contributed by atoms with Gasteiger partial charge in [0.1, 0.15) is 19.3 Å². The van der Waals surface area contributed by atoms with E-state index in [1.54, 1.807) is 0 Å². The Bertz CT molecular complexity index is 962. The van der Waals surface area contributed by atoms with Crippen LogP contribution in [0.1, 0.15) is 187 Å². The molecule has 2 atom stereocenters. The molecule has 9 heteroatoms. The molecule has 0 aromatic rings. The third kappa shape index (κ3) is 41.9. The number of rotatable bonds is 41. The van der Waals surface area contributed by atoms with Gasteiger partial charge in [0.05, 0.1) is 34.4 Å². The van der Waals surface area contributed by atoms with Gasteiger partial charge in [0, 0.05) is 13.0 Å². The first-order valence-corrected chi connectivity index (χ1v) is 23.7. The van der Waals surface area contributed by atoms with Crippen LogP contribution in [0.3, 0.4) is 0 Å². The maximum absolute atomic E-state index is 12.7. The molecule has 0 spiro atoms. The maximum Gasteiger partial charge on any atom is 0.306 e. The second kappa shape index (κ2) is 38.6. The molecule has 2 unspecified atom stereocenters. The number of allylic oxidation sites excluding steroid dienone is 6. The third-order valence-corrected chi connectivity index (χ3v) is 10.4. The van der Waals surface area contributed by atoms with Crippen LogP contribution in [0.25, 0.3) is 0 Å². The van der Waals surface area contributed by atoms with Crippen LogP contribution in [-0.4, -0.2) is 70.7 Å². The zero-order valence-corrected chi connectivity index (χ0v) is 36.8. The van der Waals surface area contributed by atoms with E-state index < -0.39 is 13.9 Å². The van der Waals surface area contributed by atoms with E-state index in [0.717, 1.165) is 57.8 Å². The largest absolute Gasteiger partial charge is 0.756 e. The minimum atomic E-state index is -4.52. The van der Waals surface area contributed by atoms with Gasteiger partial charge in [0.2, 0.25) is 0 Å². The summed E-state index contributed by atoms with van der Waals surface area (Å²) in [6.07, 6.45) is 44.3.